The average Bonchev–Trinajstić information content (AvgIpc) is 2.65. The molecule has 0 amide bonds. The highest BCUT2D eigenvalue weighted by Crippen LogP contribution is 2.32. The van der Waals surface area contributed by atoms with Crippen molar-refractivity contribution in [2.75, 3.05) is 5.73 Å². The molecule has 1 fully saturated rings. The van der Waals surface area contributed by atoms with Crippen molar-refractivity contribution in [3.63, 3.8) is 0 Å². The first-order chi connectivity index (χ1) is 6.79. The van der Waals surface area contributed by atoms with Crippen LogP contribution in [0.4, 0.5) is 5.95 Å². The van der Waals surface area contributed by atoms with Crippen molar-refractivity contribution in [1.82, 2.24) is 20.2 Å². The molecule has 0 radical (unpaired) electrons. The summed E-state index contributed by atoms with van der Waals surface area (Å²) in [7, 11) is 0. The number of nitrogen functional groups attached to an aromatic ring is 1. The van der Waals surface area contributed by atoms with Crippen molar-refractivity contribution < 1.29 is 0 Å². The average molecular weight is 195 g/mol. The minimum atomic E-state index is 0.338. The van der Waals surface area contributed by atoms with E-state index in [2.05, 4.69) is 22.4 Å². The summed E-state index contributed by atoms with van der Waals surface area (Å²) in [5.41, 5.74) is 5.67. The Bertz CT molecular complexity index is 289. The Morgan fingerprint density at radius 1 is 1.36 bits per heavy atom. The third-order valence-electron chi connectivity index (χ3n) is 3.24. The molecule has 0 spiro atoms. The number of nitrogens with two attached hydrogens (primary N) is 1. The quantitative estimate of drug-likeness (QED) is 0.774. The Morgan fingerprint density at radius 2 is 2.07 bits per heavy atom. The van der Waals surface area contributed by atoms with Crippen LogP contribution in [0.1, 0.15) is 45.1 Å². The Labute approximate surface area is 83.7 Å². The maximum absolute atomic E-state index is 5.67. The van der Waals surface area contributed by atoms with Crippen LogP contribution < -0.4 is 5.73 Å². The standard InChI is InChI=1S/C9H17N5/c1-7(8-5-3-2-4-6-8)14-9(10)11-12-13-14/h7-8H,2-6H2,1H3,(H2,10,11,13). The van der Waals surface area contributed by atoms with E-state index < -0.39 is 0 Å². The minimum Gasteiger partial charge on any atom is -0.367 e. The van der Waals surface area contributed by atoms with Gasteiger partial charge in [0.2, 0.25) is 5.95 Å². The molecule has 2 N–H and O–H groups in total. The molecule has 5 heteroatoms. The molecular formula is C9H17N5. The highest BCUT2D eigenvalue weighted by atomic mass is 15.6. The van der Waals surface area contributed by atoms with Gasteiger partial charge < -0.3 is 5.73 Å². The molecule has 1 aliphatic rings. The van der Waals surface area contributed by atoms with Crippen molar-refractivity contribution in [3.8, 4) is 0 Å². The van der Waals surface area contributed by atoms with Gasteiger partial charge in [0.1, 0.15) is 0 Å². The van der Waals surface area contributed by atoms with Crippen molar-refractivity contribution in [3.05, 3.63) is 0 Å². The summed E-state index contributed by atoms with van der Waals surface area (Å²) < 4.78 is 1.75. The van der Waals surface area contributed by atoms with E-state index in [9.17, 15) is 0 Å². The predicted octanol–water partition coefficient (Wildman–Crippen LogP) is 1.40. The Morgan fingerprint density at radius 3 is 2.64 bits per heavy atom. The molecule has 0 aromatic carbocycles. The van der Waals surface area contributed by atoms with Crippen LogP contribution in [0.5, 0.6) is 0 Å². The zero-order valence-corrected chi connectivity index (χ0v) is 8.56. The second kappa shape index (κ2) is 3.94. The molecule has 1 aromatic heterocycles. The molecule has 14 heavy (non-hydrogen) atoms. The number of hydrogen-bond donors (Lipinski definition) is 1. The lowest BCUT2D eigenvalue weighted by Crippen LogP contribution is -2.21. The lowest BCUT2D eigenvalue weighted by Gasteiger charge is -2.27. The zero-order chi connectivity index (χ0) is 9.97. The molecule has 1 saturated carbocycles. The summed E-state index contributed by atoms with van der Waals surface area (Å²) in [6.07, 6.45) is 6.59. The van der Waals surface area contributed by atoms with E-state index >= 15 is 0 Å². The maximum Gasteiger partial charge on any atom is 0.240 e. The summed E-state index contributed by atoms with van der Waals surface area (Å²) in [5, 5.41) is 11.2. The van der Waals surface area contributed by atoms with Crippen molar-refractivity contribution in [2.24, 2.45) is 5.92 Å². The normalized spacial score (nSPS) is 20.9. The van der Waals surface area contributed by atoms with Crippen molar-refractivity contribution in [1.29, 1.82) is 0 Å². The molecule has 5 nitrogen and oxygen atoms in total. The Kier molecular flexibility index (Phi) is 2.65. The monoisotopic (exact) mass is 195 g/mol. The van der Waals surface area contributed by atoms with E-state index in [0.717, 1.165) is 0 Å². The van der Waals surface area contributed by atoms with Crippen LogP contribution in [-0.2, 0) is 0 Å². The van der Waals surface area contributed by atoms with E-state index in [-0.39, 0.29) is 0 Å². The maximum atomic E-state index is 5.67. The first-order valence-electron chi connectivity index (χ1n) is 5.32. The lowest BCUT2D eigenvalue weighted by molar-refractivity contribution is 0.250. The van der Waals surface area contributed by atoms with E-state index in [4.69, 9.17) is 5.73 Å². The van der Waals surface area contributed by atoms with Gasteiger partial charge in [-0.25, -0.2) is 4.68 Å². The fourth-order valence-corrected chi connectivity index (χ4v) is 2.31. The van der Waals surface area contributed by atoms with Crippen LogP contribution in [-0.4, -0.2) is 20.2 Å². The summed E-state index contributed by atoms with van der Waals surface area (Å²) in [6.45, 7) is 2.16. The van der Waals surface area contributed by atoms with Crippen molar-refractivity contribution >= 4 is 5.95 Å². The molecule has 78 valence electrons. The Hall–Kier alpha value is -1.13. The molecule has 2 rings (SSSR count). The molecule has 0 saturated heterocycles. The van der Waals surface area contributed by atoms with Crippen LogP contribution in [0, 0.1) is 5.92 Å². The molecule has 1 heterocycles. The number of hydrogen-bond acceptors (Lipinski definition) is 4. The van der Waals surface area contributed by atoms with Gasteiger partial charge in [-0.15, -0.1) is 0 Å². The zero-order valence-electron chi connectivity index (χ0n) is 8.56. The molecule has 1 aromatic rings. The summed E-state index contributed by atoms with van der Waals surface area (Å²) in [6, 6.07) is 0.338. The highest BCUT2D eigenvalue weighted by Gasteiger charge is 2.23. The molecule has 1 aliphatic carbocycles. The summed E-state index contributed by atoms with van der Waals surface area (Å²) in [5.74, 6) is 1.12. The van der Waals surface area contributed by atoms with Gasteiger partial charge in [-0.2, -0.15) is 0 Å². The third kappa shape index (κ3) is 1.71. The number of rotatable bonds is 2. The van der Waals surface area contributed by atoms with Gasteiger partial charge in [-0.1, -0.05) is 24.4 Å². The molecule has 1 unspecified atom stereocenters. The van der Waals surface area contributed by atoms with E-state index in [1.54, 1.807) is 4.68 Å². The second-order valence-corrected chi connectivity index (χ2v) is 4.12. The van der Waals surface area contributed by atoms with Crippen LogP contribution >= 0.6 is 0 Å². The summed E-state index contributed by atoms with van der Waals surface area (Å²) in [4.78, 5) is 0. The molecule has 0 aliphatic heterocycles. The van der Waals surface area contributed by atoms with Gasteiger partial charge in [0.25, 0.3) is 0 Å². The van der Waals surface area contributed by atoms with E-state index in [1.165, 1.54) is 32.1 Å². The van der Waals surface area contributed by atoms with Crippen LogP contribution in [0.25, 0.3) is 0 Å². The van der Waals surface area contributed by atoms with Gasteiger partial charge in [0.15, 0.2) is 0 Å². The number of aromatic nitrogens is 4. The van der Waals surface area contributed by atoms with Gasteiger partial charge in [-0.3, -0.25) is 0 Å². The van der Waals surface area contributed by atoms with Gasteiger partial charge in [0.05, 0.1) is 6.04 Å². The van der Waals surface area contributed by atoms with Gasteiger partial charge in [-0.05, 0) is 36.1 Å². The second-order valence-electron chi connectivity index (χ2n) is 4.12. The number of nitrogens with zero attached hydrogens (tertiary/aromatic N) is 4. The smallest absolute Gasteiger partial charge is 0.240 e. The minimum absolute atomic E-state index is 0.338. The van der Waals surface area contributed by atoms with Gasteiger partial charge >= 0.3 is 0 Å². The fourth-order valence-electron chi connectivity index (χ4n) is 2.31. The summed E-state index contributed by atoms with van der Waals surface area (Å²) >= 11 is 0. The SMILES string of the molecule is CC(C1CCCCC1)n1nnnc1N. The number of anilines is 1. The first-order valence-corrected chi connectivity index (χ1v) is 5.32. The highest BCUT2D eigenvalue weighted by molar-refractivity contribution is 5.11. The van der Waals surface area contributed by atoms with Gasteiger partial charge in [0, 0.05) is 0 Å². The molecule has 1 atom stereocenters. The molecular weight excluding hydrogens is 178 g/mol. The Balaban J connectivity index is 2.07. The molecule has 0 bridgehead atoms. The van der Waals surface area contributed by atoms with Crippen LogP contribution in [0.3, 0.4) is 0 Å². The largest absolute Gasteiger partial charge is 0.367 e. The fraction of sp³-hybridized carbons (Fsp3) is 0.889. The third-order valence-corrected chi connectivity index (χ3v) is 3.24. The lowest BCUT2D eigenvalue weighted by atomic mass is 9.85. The van der Waals surface area contributed by atoms with Crippen molar-refractivity contribution in [2.45, 2.75) is 45.1 Å². The topological polar surface area (TPSA) is 69.6 Å². The predicted molar refractivity (Wildman–Crippen MR) is 53.5 cm³/mol. The van der Waals surface area contributed by atoms with E-state index in [1.807, 2.05) is 0 Å². The van der Waals surface area contributed by atoms with Crippen LogP contribution in [0.15, 0.2) is 0 Å². The number of tetrazole rings is 1. The first kappa shape index (κ1) is 9.43. The van der Waals surface area contributed by atoms with E-state index in [0.29, 0.717) is 17.9 Å². The van der Waals surface area contributed by atoms with Crippen LogP contribution in [0.2, 0.25) is 0 Å².